The number of hydrogen-bond donors (Lipinski definition) is 1. The predicted octanol–water partition coefficient (Wildman–Crippen LogP) is 3.35. The van der Waals surface area contributed by atoms with Crippen LogP contribution in [0.2, 0.25) is 10.0 Å². The first-order valence-corrected chi connectivity index (χ1v) is 5.06. The zero-order valence-corrected chi connectivity index (χ0v) is 9.14. The quantitative estimate of drug-likeness (QED) is 0.814. The summed E-state index contributed by atoms with van der Waals surface area (Å²) in [6.45, 7) is 0. The highest BCUT2D eigenvalue weighted by molar-refractivity contribution is 6.36. The topological polar surface area (TPSA) is 32.9 Å². The van der Waals surface area contributed by atoms with Crippen molar-refractivity contribution in [2.75, 3.05) is 0 Å². The number of rotatable bonds is 1. The van der Waals surface area contributed by atoms with E-state index in [0.29, 0.717) is 21.2 Å². The lowest BCUT2D eigenvalue weighted by atomic mass is 10.1. The minimum Gasteiger partial charge on any atom is -0.367 e. The number of aromatic nitrogens is 1. The van der Waals surface area contributed by atoms with Gasteiger partial charge in [-0.2, -0.15) is 0 Å². The minimum atomic E-state index is -0.0713. The smallest absolute Gasteiger partial charge is 0.189 e. The summed E-state index contributed by atoms with van der Waals surface area (Å²) in [5.74, 6) is 0. The van der Waals surface area contributed by atoms with Crippen molar-refractivity contribution >= 4 is 23.2 Å². The second-order valence-corrected chi connectivity index (χ2v) is 3.89. The van der Waals surface area contributed by atoms with Crippen LogP contribution < -0.4 is 5.43 Å². The summed E-state index contributed by atoms with van der Waals surface area (Å²) < 4.78 is 0. The van der Waals surface area contributed by atoms with E-state index in [1.807, 2.05) is 0 Å². The first-order chi connectivity index (χ1) is 7.18. The molecule has 0 atom stereocenters. The van der Waals surface area contributed by atoms with Gasteiger partial charge in [0.1, 0.15) is 0 Å². The number of halogens is 2. The summed E-state index contributed by atoms with van der Waals surface area (Å²) in [5, 5.41) is 1.02. The van der Waals surface area contributed by atoms with E-state index in [4.69, 9.17) is 23.2 Å². The van der Waals surface area contributed by atoms with Gasteiger partial charge in [-0.15, -0.1) is 0 Å². The fourth-order valence-electron chi connectivity index (χ4n) is 1.33. The molecule has 4 heteroatoms. The molecule has 1 heterocycles. The van der Waals surface area contributed by atoms with E-state index in [1.54, 1.807) is 30.6 Å². The van der Waals surface area contributed by atoms with E-state index >= 15 is 0 Å². The van der Waals surface area contributed by atoms with Gasteiger partial charge in [0, 0.05) is 34.6 Å². The largest absolute Gasteiger partial charge is 0.367 e. The fraction of sp³-hybridized carbons (Fsp3) is 0. The molecule has 0 radical (unpaired) electrons. The van der Waals surface area contributed by atoms with E-state index in [0.717, 1.165) is 0 Å². The first kappa shape index (κ1) is 10.3. The molecule has 0 amide bonds. The summed E-state index contributed by atoms with van der Waals surface area (Å²) in [4.78, 5) is 14.4. The summed E-state index contributed by atoms with van der Waals surface area (Å²) >= 11 is 11.8. The van der Waals surface area contributed by atoms with Gasteiger partial charge >= 0.3 is 0 Å². The lowest BCUT2D eigenvalue weighted by Gasteiger charge is -2.03. The van der Waals surface area contributed by atoms with E-state index in [1.165, 1.54) is 6.07 Å². The highest BCUT2D eigenvalue weighted by Crippen LogP contribution is 2.27. The highest BCUT2D eigenvalue weighted by Gasteiger charge is 2.06. The summed E-state index contributed by atoms with van der Waals surface area (Å²) in [5.41, 5.74) is 1.15. The maximum Gasteiger partial charge on any atom is 0.189 e. The van der Waals surface area contributed by atoms with Gasteiger partial charge < -0.3 is 4.98 Å². The van der Waals surface area contributed by atoms with Crippen LogP contribution in [0, 0.1) is 0 Å². The van der Waals surface area contributed by atoms with Crippen LogP contribution in [0.25, 0.3) is 11.1 Å². The average Bonchev–Trinajstić information content (AvgIpc) is 2.20. The van der Waals surface area contributed by atoms with E-state index in [-0.39, 0.29) is 5.43 Å². The molecule has 0 bridgehead atoms. The number of benzene rings is 1. The second-order valence-electron chi connectivity index (χ2n) is 3.05. The summed E-state index contributed by atoms with van der Waals surface area (Å²) in [6.07, 6.45) is 3.20. The van der Waals surface area contributed by atoms with Crippen LogP contribution >= 0.6 is 23.2 Å². The Morgan fingerprint density at radius 1 is 1.07 bits per heavy atom. The molecule has 1 N–H and O–H groups in total. The van der Waals surface area contributed by atoms with Crippen molar-refractivity contribution in [2.45, 2.75) is 0 Å². The summed E-state index contributed by atoms with van der Waals surface area (Å²) in [7, 11) is 0. The van der Waals surface area contributed by atoms with Gasteiger partial charge in [-0.25, -0.2) is 0 Å². The molecular formula is C11H7Cl2NO. The molecule has 0 saturated heterocycles. The standard InChI is InChI=1S/C11H7Cl2NO/c12-7-1-2-8(10(13)5-7)9-6-14-4-3-11(9)15/h1-6H,(H,14,15). The SMILES string of the molecule is O=c1cc[nH]cc1-c1ccc(Cl)cc1Cl. The molecule has 2 rings (SSSR count). The fourth-order valence-corrected chi connectivity index (χ4v) is 1.84. The van der Waals surface area contributed by atoms with Crippen LogP contribution in [0.15, 0.2) is 41.5 Å². The molecular weight excluding hydrogens is 233 g/mol. The molecule has 76 valence electrons. The van der Waals surface area contributed by atoms with Gasteiger partial charge in [0.2, 0.25) is 0 Å². The zero-order valence-electron chi connectivity index (χ0n) is 7.63. The van der Waals surface area contributed by atoms with Crippen molar-refractivity contribution < 1.29 is 0 Å². The van der Waals surface area contributed by atoms with Crippen molar-refractivity contribution in [1.29, 1.82) is 0 Å². The third kappa shape index (κ3) is 2.06. The Hall–Kier alpha value is -1.25. The first-order valence-electron chi connectivity index (χ1n) is 4.31. The Morgan fingerprint density at radius 3 is 2.53 bits per heavy atom. The Bertz CT molecular complexity index is 548. The van der Waals surface area contributed by atoms with Crippen molar-refractivity contribution in [3.8, 4) is 11.1 Å². The molecule has 1 aromatic heterocycles. The normalized spacial score (nSPS) is 10.3. The third-order valence-corrected chi connectivity index (χ3v) is 2.59. The van der Waals surface area contributed by atoms with Crippen molar-refractivity contribution in [3.05, 3.63) is 56.9 Å². The molecule has 0 aliphatic carbocycles. The molecule has 0 aliphatic rings. The van der Waals surface area contributed by atoms with Gasteiger partial charge in [0.15, 0.2) is 5.43 Å². The van der Waals surface area contributed by atoms with Crippen LogP contribution in [0.4, 0.5) is 0 Å². The van der Waals surface area contributed by atoms with Gasteiger partial charge in [-0.3, -0.25) is 4.79 Å². The van der Waals surface area contributed by atoms with Gasteiger partial charge in [-0.1, -0.05) is 29.3 Å². The lowest BCUT2D eigenvalue weighted by Crippen LogP contribution is -2.02. The second kappa shape index (κ2) is 4.09. The number of hydrogen-bond acceptors (Lipinski definition) is 1. The van der Waals surface area contributed by atoms with Crippen molar-refractivity contribution in [3.63, 3.8) is 0 Å². The maximum absolute atomic E-state index is 11.5. The molecule has 1 aromatic carbocycles. The average molecular weight is 240 g/mol. The number of nitrogens with one attached hydrogen (secondary N) is 1. The predicted molar refractivity (Wildman–Crippen MR) is 62.5 cm³/mol. The van der Waals surface area contributed by atoms with Crippen LogP contribution in [0.1, 0.15) is 0 Å². The monoisotopic (exact) mass is 239 g/mol. The van der Waals surface area contributed by atoms with Gasteiger partial charge in [0.25, 0.3) is 0 Å². The third-order valence-electron chi connectivity index (χ3n) is 2.05. The molecule has 2 aromatic rings. The number of H-pyrrole nitrogens is 1. The Labute approximate surface area is 96.5 Å². The molecule has 0 aliphatic heterocycles. The van der Waals surface area contributed by atoms with Crippen molar-refractivity contribution in [2.24, 2.45) is 0 Å². The molecule has 0 saturated carbocycles. The Balaban J connectivity index is 2.65. The zero-order chi connectivity index (χ0) is 10.8. The molecule has 0 unspecified atom stereocenters. The van der Waals surface area contributed by atoms with Crippen molar-refractivity contribution in [1.82, 2.24) is 4.98 Å². The van der Waals surface area contributed by atoms with Gasteiger partial charge in [0.05, 0.1) is 5.02 Å². The molecule has 15 heavy (non-hydrogen) atoms. The van der Waals surface area contributed by atoms with E-state index < -0.39 is 0 Å². The summed E-state index contributed by atoms with van der Waals surface area (Å²) in [6, 6.07) is 6.51. The van der Waals surface area contributed by atoms with Crippen LogP contribution in [-0.4, -0.2) is 4.98 Å². The number of aromatic amines is 1. The Morgan fingerprint density at radius 2 is 1.87 bits per heavy atom. The van der Waals surface area contributed by atoms with Crippen LogP contribution in [-0.2, 0) is 0 Å². The van der Waals surface area contributed by atoms with E-state index in [2.05, 4.69) is 4.98 Å². The molecule has 2 nitrogen and oxygen atoms in total. The molecule has 0 spiro atoms. The minimum absolute atomic E-state index is 0.0713. The molecule has 0 fully saturated rings. The Kier molecular flexibility index (Phi) is 2.80. The van der Waals surface area contributed by atoms with Crippen LogP contribution in [0.3, 0.4) is 0 Å². The van der Waals surface area contributed by atoms with E-state index in [9.17, 15) is 4.79 Å². The lowest BCUT2D eigenvalue weighted by molar-refractivity contribution is 1.30. The highest BCUT2D eigenvalue weighted by atomic mass is 35.5. The van der Waals surface area contributed by atoms with Gasteiger partial charge in [-0.05, 0) is 12.1 Å². The van der Waals surface area contributed by atoms with Crippen LogP contribution in [0.5, 0.6) is 0 Å². The number of pyridine rings is 1. The maximum atomic E-state index is 11.5.